The molecule has 0 aromatic rings. The van der Waals surface area contributed by atoms with Gasteiger partial charge in [0.15, 0.2) is 0 Å². The minimum atomic E-state index is 0.944. The highest BCUT2D eigenvalue weighted by Crippen LogP contribution is 1.92. The minimum absolute atomic E-state index is 0.944. The Bertz CT molecular complexity index is 112. The molecule has 0 aromatic heterocycles. The third-order valence-corrected chi connectivity index (χ3v) is 0.659. The number of rotatable bonds is 3. The molecule has 0 bridgehead atoms. The topological polar surface area (TPSA) is 0 Å². The van der Waals surface area contributed by atoms with Crippen molar-refractivity contribution in [2.45, 2.75) is 13.3 Å². The van der Waals surface area contributed by atoms with Gasteiger partial charge in [-0.05, 0) is 13.3 Å². The molecule has 10 heavy (non-hydrogen) atoms. The zero-order valence-corrected chi connectivity index (χ0v) is 6.77. The maximum Gasteiger partial charge on any atom is -0.0147 e. The van der Waals surface area contributed by atoms with E-state index in [4.69, 9.17) is 0 Å². The van der Waals surface area contributed by atoms with Gasteiger partial charge < -0.3 is 0 Å². The summed E-state index contributed by atoms with van der Waals surface area (Å²) in [6.07, 6.45) is 6.07. The standard InChI is InChI=1S/C6H10.C4H6/c1-4-5-6(2)3;1-3-4-2/h4H,1-2,5H2,3H3;3-4H,1-2H2. The SMILES string of the molecule is C=CC=C.C=CCC(=C)C. The van der Waals surface area contributed by atoms with Crippen molar-refractivity contribution in [2.75, 3.05) is 0 Å². The van der Waals surface area contributed by atoms with E-state index < -0.39 is 0 Å². The van der Waals surface area contributed by atoms with Crippen molar-refractivity contribution < 1.29 is 0 Å². The maximum atomic E-state index is 3.67. The Morgan fingerprint density at radius 2 is 1.60 bits per heavy atom. The van der Waals surface area contributed by atoms with E-state index in [1.807, 2.05) is 13.0 Å². The molecule has 0 spiro atoms. The second-order valence-electron chi connectivity index (χ2n) is 1.92. The van der Waals surface area contributed by atoms with Crippen LogP contribution in [0.5, 0.6) is 0 Å². The van der Waals surface area contributed by atoms with Gasteiger partial charge in [-0.3, -0.25) is 0 Å². The van der Waals surface area contributed by atoms with Crippen LogP contribution in [-0.4, -0.2) is 0 Å². The highest BCUT2D eigenvalue weighted by molar-refractivity contribution is 4.94. The van der Waals surface area contributed by atoms with Crippen molar-refractivity contribution in [3.8, 4) is 0 Å². The summed E-state index contributed by atoms with van der Waals surface area (Å²) in [5, 5.41) is 0. The van der Waals surface area contributed by atoms with Crippen LogP contribution in [-0.2, 0) is 0 Å². The Morgan fingerprint density at radius 1 is 1.20 bits per heavy atom. The molecule has 0 rings (SSSR count). The maximum absolute atomic E-state index is 3.67. The van der Waals surface area contributed by atoms with E-state index in [2.05, 4.69) is 26.3 Å². The fourth-order valence-electron chi connectivity index (χ4n) is 0.246. The summed E-state index contributed by atoms with van der Waals surface area (Å²) in [4.78, 5) is 0. The van der Waals surface area contributed by atoms with Crippen LogP contribution in [0, 0.1) is 0 Å². The molecule has 0 atom stereocenters. The number of allylic oxidation sites excluding steroid dienone is 4. The van der Waals surface area contributed by atoms with Crippen molar-refractivity contribution in [3.63, 3.8) is 0 Å². The lowest BCUT2D eigenvalue weighted by atomic mass is 10.2. The van der Waals surface area contributed by atoms with E-state index in [0.29, 0.717) is 0 Å². The van der Waals surface area contributed by atoms with Crippen molar-refractivity contribution in [1.82, 2.24) is 0 Å². The van der Waals surface area contributed by atoms with Gasteiger partial charge in [0.1, 0.15) is 0 Å². The molecule has 0 saturated heterocycles. The van der Waals surface area contributed by atoms with Crippen LogP contribution in [0.15, 0.2) is 50.1 Å². The molecular formula is C10H16. The Balaban J connectivity index is 0. The molecule has 0 aliphatic rings. The van der Waals surface area contributed by atoms with Gasteiger partial charge in [0, 0.05) is 0 Å². The van der Waals surface area contributed by atoms with Crippen molar-refractivity contribution in [3.05, 3.63) is 50.1 Å². The lowest BCUT2D eigenvalue weighted by Gasteiger charge is -1.82. The fourth-order valence-corrected chi connectivity index (χ4v) is 0.246. The highest BCUT2D eigenvalue weighted by Gasteiger charge is 1.71. The second-order valence-corrected chi connectivity index (χ2v) is 1.92. The molecule has 0 saturated carbocycles. The summed E-state index contributed by atoms with van der Waals surface area (Å²) in [6.45, 7) is 15.9. The molecule has 0 aliphatic carbocycles. The Hall–Kier alpha value is -1.04. The van der Waals surface area contributed by atoms with Crippen LogP contribution >= 0.6 is 0 Å². The molecule has 0 unspecified atom stereocenters. The summed E-state index contributed by atoms with van der Waals surface area (Å²) in [5.74, 6) is 0. The van der Waals surface area contributed by atoms with E-state index in [1.165, 1.54) is 5.57 Å². The van der Waals surface area contributed by atoms with Gasteiger partial charge in [-0.15, -0.1) is 6.58 Å². The first-order chi connectivity index (χ1) is 4.68. The van der Waals surface area contributed by atoms with Gasteiger partial charge in [-0.2, -0.15) is 0 Å². The Kier molecular flexibility index (Phi) is 12.7. The van der Waals surface area contributed by atoms with Gasteiger partial charge in [-0.1, -0.05) is 43.5 Å². The lowest BCUT2D eigenvalue weighted by Crippen LogP contribution is -1.61. The fraction of sp³-hybridized carbons (Fsp3) is 0.200. The molecular weight excluding hydrogens is 120 g/mol. The van der Waals surface area contributed by atoms with Crippen LogP contribution in [0.1, 0.15) is 13.3 Å². The summed E-state index contributed by atoms with van der Waals surface area (Å²) < 4.78 is 0. The largest absolute Gasteiger partial charge is 0.103 e. The zero-order chi connectivity index (χ0) is 8.41. The van der Waals surface area contributed by atoms with E-state index in [1.54, 1.807) is 12.2 Å². The van der Waals surface area contributed by atoms with Crippen LogP contribution in [0.2, 0.25) is 0 Å². The third kappa shape index (κ3) is 28.2. The molecule has 0 aliphatic heterocycles. The molecule has 0 aromatic carbocycles. The number of hydrogen-bond donors (Lipinski definition) is 0. The van der Waals surface area contributed by atoms with Gasteiger partial charge in [0.25, 0.3) is 0 Å². The molecule has 56 valence electrons. The minimum Gasteiger partial charge on any atom is -0.103 e. The number of hydrogen-bond acceptors (Lipinski definition) is 0. The van der Waals surface area contributed by atoms with E-state index in [9.17, 15) is 0 Å². The predicted molar refractivity (Wildman–Crippen MR) is 50.0 cm³/mol. The Morgan fingerprint density at radius 3 is 1.60 bits per heavy atom. The summed E-state index contributed by atoms with van der Waals surface area (Å²) in [6, 6.07) is 0. The second kappa shape index (κ2) is 10.9. The molecule has 0 radical (unpaired) electrons. The predicted octanol–water partition coefficient (Wildman–Crippen LogP) is 3.50. The first kappa shape index (κ1) is 11.7. The Labute approximate surface area is 64.3 Å². The average Bonchev–Trinajstić information content (AvgIpc) is 1.89. The van der Waals surface area contributed by atoms with Crippen LogP contribution in [0.4, 0.5) is 0 Å². The monoisotopic (exact) mass is 136 g/mol. The van der Waals surface area contributed by atoms with Gasteiger partial charge in [0.2, 0.25) is 0 Å². The van der Waals surface area contributed by atoms with Crippen molar-refractivity contribution in [1.29, 1.82) is 0 Å². The van der Waals surface area contributed by atoms with Crippen molar-refractivity contribution in [2.24, 2.45) is 0 Å². The van der Waals surface area contributed by atoms with E-state index in [0.717, 1.165) is 6.42 Å². The van der Waals surface area contributed by atoms with Gasteiger partial charge >= 0.3 is 0 Å². The lowest BCUT2D eigenvalue weighted by molar-refractivity contribution is 1.23. The van der Waals surface area contributed by atoms with E-state index >= 15 is 0 Å². The average molecular weight is 136 g/mol. The summed E-state index contributed by atoms with van der Waals surface area (Å²) in [5.41, 5.74) is 1.17. The molecule has 0 N–H and O–H groups in total. The first-order valence-electron chi connectivity index (χ1n) is 3.17. The third-order valence-electron chi connectivity index (χ3n) is 0.659. The smallest absolute Gasteiger partial charge is 0.0147 e. The molecule has 0 amide bonds. The normalized spacial score (nSPS) is 6.50. The van der Waals surface area contributed by atoms with Crippen LogP contribution in [0.3, 0.4) is 0 Å². The molecule has 0 heteroatoms. The molecule has 0 nitrogen and oxygen atoms in total. The quantitative estimate of drug-likeness (QED) is 0.411. The molecule has 0 fully saturated rings. The van der Waals surface area contributed by atoms with Crippen LogP contribution < -0.4 is 0 Å². The van der Waals surface area contributed by atoms with Crippen molar-refractivity contribution >= 4 is 0 Å². The highest BCUT2D eigenvalue weighted by atomic mass is 13.8. The zero-order valence-electron chi connectivity index (χ0n) is 6.77. The van der Waals surface area contributed by atoms with Crippen LogP contribution in [0.25, 0.3) is 0 Å². The van der Waals surface area contributed by atoms with Gasteiger partial charge in [0.05, 0.1) is 0 Å². The van der Waals surface area contributed by atoms with E-state index in [-0.39, 0.29) is 0 Å². The molecule has 0 heterocycles. The summed E-state index contributed by atoms with van der Waals surface area (Å²) in [7, 11) is 0. The van der Waals surface area contributed by atoms with Gasteiger partial charge in [-0.25, -0.2) is 0 Å². The first-order valence-corrected chi connectivity index (χ1v) is 3.17. The summed E-state index contributed by atoms with van der Waals surface area (Å²) >= 11 is 0.